The van der Waals surface area contributed by atoms with Gasteiger partial charge in [-0.05, 0) is 32.4 Å². The van der Waals surface area contributed by atoms with Gasteiger partial charge in [0.25, 0.3) is 0 Å². The summed E-state index contributed by atoms with van der Waals surface area (Å²) in [5.74, 6) is 0.170. The van der Waals surface area contributed by atoms with E-state index in [9.17, 15) is 4.39 Å². The highest BCUT2D eigenvalue weighted by molar-refractivity contribution is 5.10. The summed E-state index contributed by atoms with van der Waals surface area (Å²) in [6, 6.07) is 1.98. The summed E-state index contributed by atoms with van der Waals surface area (Å²) in [7, 11) is 1.88. The molecule has 0 bridgehead atoms. The first kappa shape index (κ1) is 11.6. The lowest BCUT2D eigenvalue weighted by atomic mass is 9.92. The van der Waals surface area contributed by atoms with E-state index in [-0.39, 0.29) is 5.92 Å². The molecule has 0 aliphatic carbocycles. The maximum absolute atomic E-state index is 14.1. The van der Waals surface area contributed by atoms with Gasteiger partial charge in [0, 0.05) is 31.6 Å². The molecule has 0 amide bonds. The Hall–Kier alpha value is -0.900. The van der Waals surface area contributed by atoms with E-state index in [0.29, 0.717) is 6.42 Å². The molecule has 90 valence electrons. The van der Waals surface area contributed by atoms with E-state index in [1.54, 1.807) is 4.68 Å². The van der Waals surface area contributed by atoms with E-state index in [1.165, 1.54) is 0 Å². The molecule has 1 fully saturated rings. The average Bonchev–Trinajstić information content (AvgIpc) is 2.59. The van der Waals surface area contributed by atoms with Gasteiger partial charge in [-0.3, -0.25) is 4.68 Å². The number of hydrogen-bond acceptors (Lipinski definition) is 2. The number of nitrogens with zero attached hydrogens (tertiary/aromatic N) is 2. The Kier molecular flexibility index (Phi) is 3.59. The van der Waals surface area contributed by atoms with Gasteiger partial charge >= 0.3 is 0 Å². The number of aromatic nitrogens is 2. The Bertz CT molecular complexity index is 342. The third-order valence-corrected chi connectivity index (χ3v) is 3.35. The van der Waals surface area contributed by atoms with Crippen molar-refractivity contribution in [2.75, 3.05) is 13.1 Å². The summed E-state index contributed by atoms with van der Waals surface area (Å²) in [4.78, 5) is 0. The zero-order chi connectivity index (χ0) is 11.5. The summed E-state index contributed by atoms with van der Waals surface area (Å²) in [5.41, 5.74) is 1.96. The van der Waals surface area contributed by atoms with E-state index in [4.69, 9.17) is 0 Å². The molecule has 0 spiro atoms. The van der Waals surface area contributed by atoms with Crippen molar-refractivity contribution in [1.29, 1.82) is 0 Å². The predicted octanol–water partition coefficient (Wildman–Crippen LogP) is 1.61. The first-order valence-corrected chi connectivity index (χ1v) is 6.01. The predicted molar refractivity (Wildman–Crippen MR) is 62.1 cm³/mol. The minimum Gasteiger partial charge on any atom is -0.316 e. The molecule has 2 atom stereocenters. The number of nitrogens with one attached hydrogen (secondary N) is 1. The molecule has 2 heterocycles. The van der Waals surface area contributed by atoms with Crippen LogP contribution in [0.3, 0.4) is 0 Å². The van der Waals surface area contributed by atoms with Crippen molar-refractivity contribution >= 4 is 0 Å². The highest BCUT2D eigenvalue weighted by Crippen LogP contribution is 2.20. The Morgan fingerprint density at radius 3 is 3.06 bits per heavy atom. The van der Waals surface area contributed by atoms with Gasteiger partial charge in [-0.15, -0.1) is 0 Å². The fourth-order valence-electron chi connectivity index (χ4n) is 2.41. The van der Waals surface area contributed by atoms with E-state index < -0.39 is 6.17 Å². The van der Waals surface area contributed by atoms with Crippen LogP contribution < -0.4 is 5.32 Å². The van der Waals surface area contributed by atoms with Gasteiger partial charge in [0.15, 0.2) is 0 Å². The number of hydrogen-bond donors (Lipinski definition) is 1. The van der Waals surface area contributed by atoms with Gasteiger partial charge in [0.2, 0.25) is 0 Å². The minimum atomic E-state index is -0.748. The van der Waals surface area contributed by atoms with E-state index >= 15 is 0 Å². The second-order valence-electron chi connectivity index (χ2n) is 4.73. The van der Waals surface area contributed by atoms with Gasteiger partial charge in [-0.25, -0.2) is 4.39 Å². The van der Waals surface area contributed by atoms with Crippen molar-refractivity contribution in [2.45, 2.75) is 32.4 Å². The van der Waals surface area contributed by atoms with Gasteiger partial charge in [0.1, 0.15) is 6.17 Å². The monoisotopic (exact) mass is 225 g/mol. The molecular formula is C12H20FN3. The lowest BCUT2D eigenvalue weighted by Crippen LogP contribution is -2.36. The molecule has 0 aromatic carbocycles. The molecule has 0 radical (unpaired) electrons. The lowest BCUT2D eigenvalue weighted by molar-refractivity contribution is 0.189. The zero-order valence-corrected chi connectivity index (χ0v) is 10.0. The Balaban J connectivity index is 1.95. The van der Waals surface area contributed by atoms with Crippen LogP contribution >= 0.6 is 0 Å². The Labute approximate surface area is 96.0 Å². The summed E-state index contributed by atoms with van der Waals surface area (Å²) >= 11 is 0. The van der Waals surface area contributed by atoms with Crippen LogP contribution in [0.15, 0.2) is 6.07 Å². The largest absolute Gasteiger partial charge is 0.316 e. The van der Waals surface area contributed by atoms with Gasteiger partial charge in [-0.1, -0.05) is 0 Å². The van der Waals surface area contributed by atoms with Crippen molar-refractivity contribution < 1.29 is 4.39 Å². The fourth-order valence-corrected chi connectivity index (χ4v) is 2.41. The topological polar surface area (TPSA) is 29.9 Å². The highest BCUT2D eigenvalue weighted by Gasteiger charge is 2.24. The molecule has 1 saturated heterocycles. The average molecular weight is 225 g/mol. The molecule has 1 aliphatic rings. The van der Waals surface area contributed by atoms with E-state index in [1.807, 2.05) is 20.0 Å². The van der Waals surface area contributed by atoms with Crippen LogP contribution in [0.4, 0.5) is 4.39 Å². The van der Waals surface area contributed by atoms with Crippen LogP contribution in [0.5, 0.6) is 0 Å². The van der Waals surface area contributed by atoms with Crippen molar-refractivity contribution in [1.82, 2.24) is 15.1 Å². The quantitative estimate of drug-likeness (QED) is 0.847. The Morgan fingerprint density at radius 2 is 2.50 bits per heavy atom. The summed E-state index contributed by atoms with van der Waals surface area (Å²) in [5, 5.41) is 7.50. The smallest absolute Gasteiger partial charge is 0.110 e. The number of aryl methyl sites for hydroxylation is 2. The molecule has 16 heavy (non-hydrogen) atoms. The molecule has 2 rings (SSSR count). The maximum atomic E-state index is 14.1. The molecule has 1 aliphatic heterocycles. The Morgan fingerprint density at radius 1 is 1.69 bits per heavy atom. The van der Waals surface area contributed by atoms with Gasteiger partial charge in [0.05, 0.1) is 5.69 Å². The van der Waals surface area contributed by atoms with E-state index in [0.717, 1.165) is 37.3 Å². The zero-order valence-electron chi connectivity index (χ0n) is 10.0. The highest BCUT2D eigenvalue weighted by atomic mass is 19.1. The second-order valence-corrected chi connectivity index (χ2v) is 4.73. The van der Waals surface area contributed by atoms with Crippen molar-refractivity contribution in [3.05, 3.63) is 17.5 Å². The second kappa shape index (κ2) is 4.95. The number of rotatable bonds is 3. The van der Waals surface area contributed by atoms with Gasteiger partial charge in [-0.2, -0.15) is 5.10 Å². The normalized spacial score (nSPS) is 23.3. The van der Waals surface area contributed by atoms with Crippen molar-refractivity contribution in [3.8, 4) is 0 Å². The minimum absolute atomic E-state index is 0.170. The number of piperidine rings is 1. The molecule has 4 heteroatoms. The molecule has 2 unspecified atom stereocenters. The van der Waals surface area contributed by atoms with Crippen LogP contribution in [-0.2, 0) is 13.5 Å². The summed E-state index contributed by atoms with van der Waals surface area (Å²) in [6.07, 6.45) is 1.84. The third-order valence-electron chi connectivity index (χ3n) is 3.35. The first-order valence-electron chi connectivity index (χ1n) is 6.01. The van der Waals surface area contributed by atoms with E-state index in [2.05, 4.69) is 10.4 Å². The fraction of sp³-hybridized carbons (Fsp3) is 0.750. The molecule has 1 N–H and O–H groups in total. The van der Waals surface area contributed by atoms with Crippen LogP contribution in [0.1, 0.15) is 24.2 Å². The molecule has 0 saturated carbocycles. The summed E-state index contributed by atoms with van der Waals surface area (Å²) < 4.78 is 15.9. The standard InChI is InChI=1S/C12H20FN3/c1-9-6-11(16(2)15-9)7-12(13)10-4-3-5-14-8-10/h6,10,12,14H,3-5,7-8H2,1-2H3. The van der Waals surface area contributed by atoms with Crippen molar-refractivity contribution in [2.24, 2.45) is 13.0 Å². The maximum Gasteiger partial charge on any atom is 0.110 e. The number of halogens is 1. The molecule has 1 aromatic rings. The summed E-state index contributed by atoms with van der Waals surface area (Å²) in [6.45, 7) is 3.80. The lowest BCUT2D eigenvalue weighted by Gasteiger charge is -2.25. The van der Waals surface area contributed by atoms with Crippen LogP contribution in [-0.4, -0.2) is 29.0 Å². The van der Waals surface area contributed by atoms with Crippen LogP contribution in [0, 0.1) is 12.8 Å². The van der Waals surface area contributed by atoms with Gasteiger partial charge < -0.3 is 5.32 Å². The first-order chi connectivity index (χ1) is 7.66. The number of alkyl halides is 1. The van der Waals surface area contributed by atoms with Crippen LogP contribution in [0.25, 0.3) is 0 Å². The molecule has 1 aromatic heterocycles. The van der Waals surface area contributed by atoms with Crippen LogP contribution in [0.2, 0.25) is 0 Å². The SMILES string of the molecule is Cc1cc(CC(F)C2CCCNC2)n(C)n1. The third kappa shape index (κ3) is 2.61. The molecular weight excluding hydrogens is 205 g/mol. The molecule has 3 nitrogen and oxygen atoms in total. The van der Waals surface area contributed by atoms with Crippen molar-refractivity contribution in [3.63, 3.8) is 0 Å².